The average Bonchev–Trinajstić information content (AvgIpc) is 2.45. The monoisotopic (exact) mass is 292 g/mol. The van der Waals surface area contributed by atoms with Crippen molar-refractivity contribution in [3.8, 4) is 11.5 Å². The molecule has 0 atom stereocenters. The molecule has 0 aliphatic heterocycles. The molecule has 0 radical (unpaired) electrons. The molecule has 0 bridgehead atoms. The fourth-order valence-electron chi connectivity index (χ4n) is 2.73. The van der Waals surface area contributed by atoms with Crippen LogP contribution in [0.1, 0.15) is 18.4 Å². The zero-order valence-corrected chi connectivity index (χ0v) is 13.0. The number of carbonyl (C=O) groups is 1. The van der Waals surface area contributed by atoms with Gasteiger partial charge in [0.15, 0.2) is 11.5 Å². The third-order valence-corrected chi connectivity index (χ3v) is 4.03. The summed E-state index contributed by atoms with van der Waals surface area (Å²) >= 11 is 0. The quantitative estimate of drug-likeness (QED) is 0.861. The van der Waals surface area contributed by atoms with Gasteiger partial charge < -0.3 is 20.1 Å². The Hall–Kier alpha value is -1.75. The lowest BCUT2D eigenvalue weighted by atomic mass is 9.80. The van der Waals surface area contributed by atoms with Crippen molar-refractivity contribution in [3.63, 3.8) is 0 Å². The number of hydrogen-bond acceptors (Lipinski definition) is 4. The van der Waals surface area contributed by atoms with Crippen LogP contribution in [0.4, 0.5) is 0 Å². The summed E-state index contributed by atoms with van der Waals surface area (Å²) in [7, 11) is 5.04. The molecular weight excluding hydrogens is 268 g/mol. The number of nitrogens with two attached hydrogens (primary N) is 1. The van der Waals surface area contributed by atoms with E-state index in [1.165, 1.54) is 0 Å². The number of rotatable bonds is 6. The molecule has 2 rings (SSSR count). The predicted octanol–water partition coefficient (Wildman–Crippen LogP) is 1.44. The van der Waals surface area contributed by atoms with Gasteiger partial charge in [-0.15, -0.1) is 0 Å². The minimum Gasteiger partial charge on any atom is -0.493 e. The Morgan fingerprint density at radius 1 is 1.29 bits per heavy atom. The molecule has 116 valence electrons. The highest BCUT2D eigenvalue weighted by Crippen LogP contribution is 2.28. The maximum absolute atomic E-state index is 12.2. The Kier molecular flexibility index (Phi) is 5.07. The Labute approximate surface area is 126 Å². The van der Waals surface area contributed by atoms with Gasteiger partial charge in [-0.3, -0.25) is 4.79 Å². The molecule has 1 fully saturated rings. The molecule has 1 aromatic rings. The van der Waals surface area contributed by atoms with Crippen LogP contribution in [0.25, 0.3) is 0 Å². The molecule has 0 unspecified atom stereocenters. The largest absolute Gasteiger partial charge is 0.493 e. The first kappa shape index (κ1) is 15.6. The van der Waals surface area contributed by atoms with E-state index in [0.717, 1.165) is 24.9 Å². The second-order valence-electron chi connectivity index (χ2n) is 5.74. The number of methoxy groups -OCH3 is 2. The second kappa shape index (κ2) is 6.80. The van der Waals surface area contributed by atoms with Crippen LogP contribution in [0.2, 0.25) is 0 Å². The molecule has 0 heterocycles. The number of likely N-dealkylation sites (N-methyl/N-ethyl adjacent to an activating group) is 1. The number of carbonyl (C=O) groups excluding carboxylic acids is 1. The fourth-order valence-corrected chi connectivity index (χ4v) is 2.73. The third kappa shape index (κ3) is 3.88. The van der Waals surface area contributed by atoms with E-state index in [2.05, 4.69) is 0 Å². The predicted molar refractivity (Wildman–Crippen MR) is 81.6 cm³/mol. The van der Waals surface area contributed by atoms with Crippen LogP contribution in [0.3, 0.4) is 0 Å². The zero-order chi connectivity index (χ0) is 15.4. The Balaban J connectivity index is 1.92. The van der Waals surface area contributed by atoms with Crippen LogP contribution in [0.5, 0.6) is 11.5 Å². The number of amides is 1. The van der Waals surface area contributed by atoms with Gasteiger partial charge in [-0.05, 0) is 36.5 Å². The molecule has 5 heteroatoms. The minimum atomic E-state index is 0.114. The van der Waals surface area contributed by atoms with Crippen molar-refractivity contribution in [1.29, 1.82) is 0 Å². The van der Waals surface area contributed by atoms with E-state index in [4.69, 9.17) is 15.2 Å². The van der Waals surface area contributed by atoms with Crippen LogP contribution >= 0.6 is 0 Å². The highest BCUT2D eigenvalue weighted by molar-refractivity contribution is 5.78. The van der Waals surface area contributed by atoms with Crippen molar-refractivity contribution in [3.05, 3.63) is 23.8 Å². The molecule has 0 aromatic heterocycles. The lowest BCUT2D eigenvalue weighted by Gasteiger charge is -2.35. The summed E-state index contributed by atoms with van der Waals surface area (Å²) < 4.78 is 10.5. The highest BCUT2D eigenvalue weighted by Gasteiger charge is 2.27. The van der Waals surface area contributed by atoms with Gasteiger partial charge in [-0.25, -0.2) is 0 Å². The van der Waals surface area contributed by atoms with Gasteiger partial charge >= 0.3 is 0 Å². The van der Waals surface area contributed by atoms with E-state index in [9.17, 15) is 4.79 Å². The van der Waals surface area contributed by atoms with Crippen molar-refractivity contribution in [1.82, 2.24) is 4.90 Å². The van der Waals surface area contributed by atoms with Crippen LogP contribution < -0.4 is 15.2 Å². The smallest absolute Gasteiger partial charge is 0.226 e. The van der Waals surface area contributed by atoms with Crippen molar-refractivity contribution < 1.29 is 14.3 Å². The molecular formula is C16H24N2O3. The first-order chi connectivity index (χ1) is 10.0. The summed E-state index contributed by atoms with van der Waals surface area (Å²) in [6.45, 7) is 0.791. The SMILES string of the molecule is COc1ccc(CC(=O)N(C)CC2CC(N)C2)cc1OC. The standard InChI is InChI=1S/C16H24N2O3/c1-18(10-12-6-13(17)7-12)16(19)9-11-4-5-14(20-2)15(8-11)21-3/h4-5,8,12-13H,6-7,9-10,17H2,1-3H3. The molecule has 1 saturated carbocycles. The molecule has 1 amide bonds. The summed E-state index contributed by atoms with van der Waals surface area (Å²) in [5, 5.41) is 0. The zero-order valence-electron chi connectivity index (χ0n) is 13.0. The first-order valence-corrected chi connectivity index (χ1v) is 7.24. The first-order valence-electron chi connectivity index (χ1n) is 7.24. The van der Waals surface area contributed by atoms with Crippen LogP contribution in [0, 0.1) is 5.92 Å². The maximum atomic E-state index is 12.2. The van der Waals surface area contributed by atoms with E-state index < -0.39 is 0 Å². The molecule has 5 nitrogen and oxygen atoms in total. The van der Waals surface area contributed by atoms with Crippen LogP contribution in [-0.4, -0.2) is 44.7 Å². The number of hydrogen-bond donors (Lipinski definition) is 1. The van der Waals surface area contributed by atoms with Gasteiger partial charge in [0.2, 0.25) is 5.91 Å². The van der Waals surface area contributed by atoms with Crippen molar-refractivity contribution in [2.45, 2.75) is 25.3 Å². The lowest BCUT2D eigenvalue weighted by Crippen LogP contribution is -2.43. The van der Waals surface area contributed by atoms with Crippen molar-refractivity contribution >= 4 is 5.91 Å². The van der Waals surface area contributed by atoms with Crippen molar-refractivity contribution in [2.75, 3.05) is 27.8 Å². The van der Waals surface area contributed by atoms with E-state index in [1.54, 1.807) is 19.1 Å². The fraction of sp³-hybridized carbons (Fsp3) is 0.562. The van der Waals surface area contributed by atoms with E-state index >= 15 is 0 Å². The maximum Gasteiger partial charge on any atom is 0.226 e. The normalized spacial score (nSPS) is 20.6. The molecule has 0 saturated heterocycles. The van der Waals surface area contributed by atoms with E-state index in [0.29, 0.717) is 29.9 Å². The summed E-state index contributed by atoms with van der Waals surface area (Å²) in [5.74, 6) is 1.99. The average molecular weight is 292 g/mol. The van der Waals surface area contributed by atoms with Gasteiger partial charge in [0, 0.05) is 19.6 Å². The Morgan fingerprint density at radius 3 is 2.52 bits per heavy atom. The van der Waals surface area contributed by atoms with Gasteiger partial charge in [0.05, 0.1) is 20.6 Å². The van der Waals surface area contributed by atoms with Gasteiger partial charge in [0.25, 0.3) is 0 Å². The summed E-state index contributed by atoms with van der Waals surface area (Å²) in [6, 6.07) is 5.90. The molecule has 0 spiro atoms. The second-order valence-corrected chi connectivity index (χ2v) is 5.74. The minimum absolute atomic E-state index is 0.114. The van der Waals surface area contributed by atoms with E-state index in [1.807, 2.05) is 25.2 Å². The molecule has 1 aromatic carbocycles. The molecule has 1 aliphatic carbocycles. The van der Waals surface area contributed by atoms with Crippen LogP contribution in [0.15, 0.2) is 18.2 Å². The Morgan fingerprint density at radius 2 is 1.95 bits per heavy atom. The van der Waals surface area contributed by atoms with Crippen LogP contribution in [-0.2, 0) is 11.2 Å². The number of nitrogens with zero attached hydrogens (tertiary/aromatic N) is 1. The number of benzene rings is 1. The molecule has 1 aliphatic rings. The summed E-state index contributed by atoms with van der Waals surface area (Å²) in [6.07, 6.45) is 2.41. The van der Waals surface area contributed by atoms with Gasteiger partial charge in [0.1, 0.15) is 0 Å². The third-order valence-electron chi connectivity index (χ3n) is 4.03. The Bertz CT molecular complexity index is 498. The molecule has 21 heavy (non-hydrogen) atoms. The van der Waals surface area contributed by atoms with Gasteiger partial charge in [-0.2, -0.15) is 0 Å². The number of ether oxygens (including phenoxy) is 2. The highest BCUT2D eigenvalue weighted by atomic mass is 16.5. The summed E-state index contributed by atoms with van der Waals surface area (Å²) in [5.41, 5.74) is 6.70. The summed E-state index contributed by atoms with van der Waals surface area (Å²) in [4.78, 5) is 14.0. The van der Waals surface area contributed by atoms with Gasteiger partial charge in [-0.1, -0.05) is 6.07 Å². The van der Waals surface area contributed by atoms with E-state index in [-0.39, 0.29) is 5.91 Å². The lowest BCUT2D eigenvalue weighted by molar-refractivity contribution is -0.130. The molecule has 2 N–H and O–H groups in total. The van der Waals surface area contributed by atoms with Crippen molar-refractivity contribution in [2.24, 2.45) is 11.7 Å². The topological polar surface area (TPSA) is 64.8 Å².